The molecule has 2 N–H and O–H groups in total. The van der Waals surface area contributed by atoms with Crippen molar-refractivity contribution in [2.75, 3.05) is 11.1 Å². The number of halogens is 2. The third kappa shape index (κ3) is 7.13. The number of carbonyl (C=O) groups is 2. The van der Waals surface area contributed by atoms with Gasteiger partial charge in [-0.3, -0.25) is 9.59 Å². The van der Waals surface area contributed by atoms with Crippen LogP contribution in [0, 0.1) is 28.6 Å². The number of nitrogens with one attached hydrogen (secondary N) is 2. The van der Waals surface area contributed by atoms with Gasteiger partial charge in [-0.15, -0.1) is 21.5 Å². The Morgan fingerprint density at radius 2 is 1.98 bits per heavy atom. The highest BCUT2D eigenvalue weighted by Gasteiger charge is 2.32. The van der Waals surface area contributed by atoms with E-state index in [2.05, 4.69) is 47.7 Å². The molecule has 0 radical (unpaired) electrons. The fourth-order valence-corrected chi connectivity index (χ4v) is 7.55. The molecule has 0 spiro atoms. The maximum atomic E-state index is 13.0. The standard InChI is InChI=1S/C30H36Cl2N6O2S2/c1-7-38-26(25(16(2)3)35-27(40)17-8-11-21(31)22(32)12-17)36-37-29(38)41-15-24(39)34-28-20(14-33)19-10-9-18(30(4,5)6)13-23(19)42-28/h8,11-12,16,18,25H,7,9-10,13,15H2,1-6H3,(H,34,39)(H,35,40)/t18-,25-/m0/s1. The number of aromatic nitrogens is 3. The van der Waals surface area contributed by atoms with Crippen LogP contribution in [0.5, 0.6) is 0 Å². The molecule has 2 amide bonds. The minimum absolute atomic E-state index is 0.0134. The molecule has 0 unspecified atom stereocenters. The molecule has 8 nitrogen and oxygen atoms in total. The van der Waals surface area contributed by atoms with Crippen LogP contribution in [0.25, 0.3) is 0 Å². The molecule has 2 atom stereocenters. The second kappa shape index (κ2) is 13.4. The van der Waals surface area contributed by atoms with Crippen molar-refractivity contribution in [1.82, 2.24) is 20.1 Å². The molecule has 1 aromatic carbocycles. The molecular weight excluding hydrogens is 611 g/mol. The predicted octanol–water partition coefficient (Wildman–Crippen LogP) is 7.55. The van der Waals surface area contributed by atoms with Gasteiger partial charge >= 0.3 is 0 Å². The zero-order valence-corrected chi connectivity index (χ0v) is 27.8. The lowest BCUT2D eigenvalue weighted by Gasteiger charge is -2.33. The van der Waals surface area contributed by atoms with Crippen molar-refractivity contribution in [3.63, 3.8) is 0 Å². The van der Waals surface area contributed by atoms with E-state index in [9.17, 15) is 14.9 Å². The monoisotopic (exact) mass is 646 g/mol. The van der Waals surface area contributed by atoms with Crippen LogP contribution >= 0.6 is 46.3 Å². The summed E-state index contributed by atoms with van der Waals surface area (Å²) in [6.45, 7) is 13.3. The van der Waals surface area contributed by atoms with Crippen molar-refractivity contribution in [1.29, 1.82) is 5.26 Å². The average molecular weight is 648 g/mol. The summed E-state index contributed by atoms with van der Waals surface area (Å²) in [7, 11) is 0. The molecule has 12 heteroatoms. The van der Waals surface area contributed by atoms with Gasteiger partial charge in [0.1, 0.15) is 11.1 Å². The van der Waals surface area contributed by atoms with E-state index >= 15 is 0 Å². The minimum atomic E-state index is -0.421. The first-order valence-electron chi connectivity index (χ1n) is 14.0. The van der Waals surface area contributed by atoms with Gasteiger partial charge in [0, 0.05) is 17.0 Å². The lowest BCUT2D eigenvalue weighted by atomic mass is 9.72. The Morgan fingerprint density at radius 1 is 1.24 bits per heavy atom. The van der Waals surface area contributed by atoms with Crippen LogP contribution in [-0.2, 0) is 24.2 Å². The summed E-state index contributed by atoms with van der Waals surface area (Å²) in [5.74, 6) is 0.773. The quantitative estimate of drug-likeness (QED) is 0.232. The van der Waals surface area contributed by atoms with Gasteiger partial charge in [0.25, 0.3) is 5.91 Å². The molecule has 42 heavy (non-hydrogen) atoms. The molecule has 3 aromatic rings. The fraction of sp³-hybridized carbons (Fsp3) is 0.500. The number of hydrogen-bond acceptors (Lipinski definition) is 7. The highest BCUT2D eigenvalue weighted by molar-refractivity contribution is 7.99. The number of nitrogens with zero attached hydrogens (tertiary/aromatic N) is 4. The number of nitriles is 1. The van der Waals surface area contributed by atoms with Gasteiger partial charge in [0.15, 0.2) is 11.0 Å². The summed E-state index contributed by atoms with van der Waals surface area (Å²) in [5.41, 5.74) is 2.27. The lowest BCUT2D eigenvalue weighted by Crippen LogP contribution is -2.33. The Hall–Kier alpha value is -2.58. The molecule has 0 bridgehead atoms. The second-order valence-electron chi connectivity index (χ2n) is 11.9. The number of thiophene rings is 1. The molecule has 1 aliphatic rings. The Labute approximate surface area is 265 Å². The number of anilines is 1. The summed E-state index contributed by atoms with van der Waals surface area (Å²) in [5, 5.41) is 26.5. The second-order valence-corrected chi connectivity index (χ2v) is 14.7. The third-order valence-electron chi connectivity index (χ3n) is 7.66. The summed E-state index contributed by atoms with van der Waals surface area (Å²) in [4.78, 5) is 27.3. The number of hydrogen-bond donors (Lipinski definition) is 2. The largest absolute Gasteiger partial charge is 0.342 e. The van der Waals surface area contributed by atoms with E-state index in [1.807, 2.05) is 25.3 Å². The van der Waals surface area contributed by atoms with E-state index in [-0.39, 0.29) is 28.9 Å². The number of amides is 2. The maximum Gasteiger partial charge on any atom is 0.251 e. The molecule has 0 fully saturated rings. The fourth-order valence-electron chi connectivity index (χ4n) is 5.15. The number of benzene rings is 1. The van der Waals surface area contributed by atoms with Crippen LogP contribution in [-0.4, -0.2) is 32.3 Å². The molecule has 2 heterocycles. The molecule has 1 aliphatic carbocycles. The molecule has 0 saturated heterocycles. The first-order valence-corrected chi connectivity index (χ1v) is 16.6. The normalized spacial score (nSPS) is 15.7. The molecule has 2 aromatic heterocycles. The Bertz CT molecular complexity index is 1520. The van der Waals surface area contributed by atoms with Crippen molar-refractivity contribution in [2.24, 2.45) is 17.3 Å². The number of carbonyl (C=O) groups excluding carboxylic acids is 2. The van der Waals surface area contributed by atoms with Crippen LogP contribution in [0.15, 0.2) is 23.4 Å². The van der Waals surface area contributed by atoms with Gasteiger partial charge in [-0.2, -0.15) is 5.26 Å². The molecule has 224 valence electrons. The molecular formula is C30H36Cl2N6O2S2. The van der Waals surface area contributed by atoms with Crippen LogP contribution in [0.4, 0.5) is 5.00 Å². The minimum Gasteiger partial charge on any atom is -0.342 e. The van der Waals surface area contributed by atoms with Gasteiger partial charge in [-0.1, -0.05) is 69.6 Å². The van der Waals surface area contributed by atoms with Gasteiger partial charge in [-0.05, 0) is 67.2 Å². The lowest BCUT2D eigenvalue weighted by molar-refractivity contribution is -0.113. The van der Waals surface area contributed by atoms with E-state index in [1.54, 1.807) is 12.1 Å². The zero-order valence-electron chi connectivity index (χ0n) is 24.7. The topological polar surface area (TPSA) is 113 Å². The molecule has 4 rings (SSSR count). The van der Waals surface area contributed by atoms with Crippen molar-refractivity contribution in [2.45, 2.75) is 78.5 Å². The first-order chi connectivity index (χ1) is 19.8. The van der Waals surface area contributed by atoms with Crippen LogP contribution in [0.3, 0.4) is 0 Å². The maximum absolute atomic E-state index is 13.0. The van der Waals surface area contributed by atoms with Gasteiger partial charge in [0.2, 0.25) is 5.91 Å². The van der Waals surface area contributed by atoms with Crippen molar-refractivity contribution in [3.8, 4) is 6.07 Å². The van der Waals surface area contributed by atoms with Crippen LogP contribution in [0.1, 0.15) is 86.2 Å². The average Bonchev–Trinajstić information content (AvgIpc) is 3.50. The number of thioether (sulfide) groups is 1. The number of rotatable bonds is 9. The van der Waals surface area contributed by atoms with E-state index in [0.29, 0.717) is 49.6 Å². The Morgan fingerprint density at radius 3 is 2.60 bits per heavy atom. The third-order valence-corrected chi connectivity index (χ3v) is 10.5. The van der Waals surface area contributed by atoms with E-state index in [0.717, 1.165) is 24.8 Å². The van der Waals surface area contributed by atoms with Gasteiger partial charge in [-0.25, -0.2) is 0 Å². The summed E-state index contributed by atoms with van der Waals surface area (Å²) < 4.78 is 1.91. The van der Waals surface area contributed by atoms with Crippen molar-refractivity contribution in [3.05, 3.63) is 55.6 Å². The van der Waals surface area contributed by atoms with Crippen LogP contribution in [0.2, 0.25) is 10.0 Å². The number of fused-ring (bicyclic) bond motifs is 1. The smallest absolute Gasteiger partial charge is 0.251 e. The summed E-state index contributed by atoms with van der Waals surface area (Å²) in [6, 6.07) is 6.65. The summed E-state index contributed by atoms with van der Waals surface area (Å²) in [6.07, 6.45) is 2.84. The highest BCUT2D eigenvalue weighted by atomic mass is 35.5. The van der Waals surface area contributed by atoms with E-state index in [4.69, 9.17) is 23.2 Å². The first kappa shape index (κ1) is 32.3. The Kier molecular flexibility index (Phi) is 10.3. The Balaban J connectivity index is 1.45. The SMILES string of the molecule is CCn1c(SCC(=O)Nc2sc3c(c2C#N)CC[C@H](C(C)(C)C)C3)nnc1[C@@H](NC(=O)c1ccc(Cl)c(Cl)c1)C(C)C. The molecule has 0 aliphatic heterocycles. The summed E-state index contributed by atoms with van der Waals surface area (Å²) >= 11 is 14.9. The van der Waals surface area contributed by atoms with Gasteiger partial charge in [0.05, 0.1) is 27.4 Å². The highest BCUT2D eigenvalue weighted by Crippen LogP contribution is 2.44. The van der Waals surface area contributed by atoms with Crippen molar-refractivity contribution < 1.29 is 9.59 Å². The van der Waals surface area contributed by atoms with E-state index < -0.39 is 6.04 Å². The van der Waals surface area contributed by atoms with Crippen molar-refractivity contribution >= 4 is 63.1 Å². The van der Waals surface area contributed by atoms with E-state index in [1.165, 1.54) is 34.0 Å². The zero-order chi connectivity index (χ0) is 30.8. The molecule has 0 saturated carbocycles. The van der Waals surface area contributed by atoms with Crippen LogP contribution < -0.4 is 10.6 Å². The predicted molar refractivity (Wildman–Crippen MR) is 171 cm³/mol. The van der Waals surface area contributed by atoms with Gasteiger partial charge < -0.3 is 15.2 Å².